The zero-order valence-corrected chi connectivity index (χ0v) is 16.1. The van der Waals surface area contributed by atoms with Gasteiger partial charge in [0.25, 0.3) is 5.91 Å². The van der Waals surface area contributed by atoms with Gasteiger partial charge in [0.1, 0.15) is 0 Å². The topological polar surface area (TPSA) is 43.9 Å². The number of benzene rings is 1. The summed E-state index contributed by atoms with van der Waals surface area (Å²) in [5.74, 6) is 2.41. The van der Waals surface area contributed by atoms with E-state index < -0.39 is 11.7 Å². The summed E-state index contributed by atoms with van der Waals surface area (Å²) in [4.78, 5) is 30.8. The molecule has 2 saturated heterocycles. The van der Waals surface area contributed by atoms with Gasteiger partial charge in [-0.1, -0.05) is 5.92 Å². The van der Waals surface area contributed by atoms with Gasteiger partial charge in [-0.3, -0.25) is 14.5 Å². The van der Waals surface area contributed by atoms with Crippen LogP contribution < -0.4 is 0 Å². The third-order valence-electron chi connectivity index (χ3n) is 5.59. The van der Waals surface area contributed by atoms with Crippen LogP contribution in [0.25, 0.3) is 0 Å². The zero-order chi connectivity index (χ0) is 21.0. The molecule has 5 nitrogen and oxygen atoms in total. The van der Waals surface area contributed by atoms with Gasteiger partial charge in [0.05, 0.1) is 12.1 Å². The maximum atomic E-state index is 12.8. The van der Waals surface area contributed by atoms with E-state index in [9.17, 15) is 22.8 Å². The number of hydrogen-bond acceptors (Lipinski definition) is 3. The van der Waals surface area contributed by atoms with Crippen molar-refractivity contribution in [1.82, 2.24) is 14.7 Å². The van der Waals surface area contributed by atoms with Gasteiger partial charge in [0.15, 0.2) is 0 Å². The molecule has 2 fully saturated rings. The van der Waals surface area contributed by atoms with Crippen LogP contribution in [-0.4, -0.2) is 72.3 Å². The lowest BCUT2D eigenvalue weighted by molar-refractivity contribution is -0.138. The summed E-state index contributed by atoms with van der Waals surface area (Å²) in [5, 5.41) is 0. The number of terminal acetylenes is 1. The molecular weight excluding hydrogens is 383 g/mol. The minimum absolute atomic E-state index is 0.0128. The summed E-state index contributed by atoms with van der Waals surface area (Å²) < 4.78 is 38.0. The van der Waals surface area contributed by atoms with Crippen molar-refractivity contribution < 1.29 is 22.8 Å². The first-order valence-corrected chi connectivity index (χ1v) is 9.70. The Morgan fingerprint density at radius 1 is 0.966 bits per heavy atom. The number of rotatable bonds is 3. The molecule has 0 N–H and O–H groups in total. The highest BCUT2D eigenvalue weighted by atomic mass is 19.4. The smallest absolute Gasteiger partial charge is 0.339 e. The van der Waals surface area contributed by atoms with E-state index in [0.29, 0.717) is 32.7 Å². The summed E-state index contributed by atoms with van der Waals surface area (Å²) in [5.41, 5.74) is -0.559. The predicted octanol–water partition coefficient (Wildman–Crippen LogP) is 2.34. The van der Waals surface area contributed by atoms with Crippen molar-refractivity contribution in [2.45, 2.75) is 19.0 Å². The van der Waals surface area contributed by atoms with E-state index in [1.165, 1.54) is 12.1 Å². The molecule has 2 amide bonds. The van der Waals surface area contributed by atoms with Crippen molar-refractivity contribution in [3.05, 3.63) is 35.4 Å². The van der Waals surface area contributed by atoms with E-state index in [0.717, 1.165) is 38.1 Å². The minimum Gasteiger partial charge on any atom is -0.339 e. The molecule has 0 unspecified atom stereocenters. The number of nitrogens with zero attached hydrogens (tertiary/aromatic N) is 3. The monoisotopic (exact) mass is 407 g/mol. The lowest BCUT2D eigenvalue weighted by Gasteiger charge is -2.38. The number of carbonyl (C=O) groups is 2. The summed E-state index contributed by atoms with van der Waals surface area (Å²) in [6.07, 6.45) is 2.47. The fraction of sp³-hybridized carbons (Fsp3) is 0.524. The Morgan fingerprint density at radius 3 is 2.03 bits per heavy atom. The fourth-order valence-electron chi connectivity index (χ4n) is 3.84. The summed E-state index contributed by atoms with van der Waals surface area (Å²) in [7, 11) is 0. The van der Waals surface area contributed by atoms with Crippen molar-refractivity contribution in [1.29, 1.82) is 0 Å². The largest absolute Gasteiger partial charge is 0.416 e. The molecule has 2 aliphatic rings. The number of amides is 2. The Labute approximate surface area is 168 Å². The van der Waals surface area contributed by atoms with Crippen molar-refractivity contribution in [3.63, 3.8) is 0 Å². The lowest BCUT2D eigenvalue weighted by atomic mass is 9.95. The second-order valence-electron chi connectivity index (χ2n) is 7.45. The van der Waals surface area contributed by atoms with E-state index in [-0.39, 0.29) is 23.3 Å². The molecule has 1 aromatic carbocycles. The molecule has 0 aliphatic carbocycles. The van der Waals surface area contributed by atoms with E-state index in [2.05, 4.69) is 10.8 Å². The molecule has 8 heteroatoms. The Balaban J connectivity index is 1.50. The maximum absolute atomic E-state index is 12.8. The average Bonchev–Trinajstić information content (AvgIpc) is 2.73. The summed E-state index contributed by atoms with van der Waals surface area (Å²) >= 11 is 0. The number of piperazine rings is 1. The lowest BCUT2D eigenvalue weighted by Crippen LogP contribution is -2.53. The van der Waals surface area contributed by atoms with Crippen LogP contribution in [0.5, 0.6) is 0 Å². The predicted molar refractivity (Wildman–Crippen MR) is 102 cm³/mol. The highest BCUT2D eigenvalue weighted by Gasteiger charge is 2.32. The Kier molecular flexibility index (Phi) is 6.48. The van der Waals surface area contributed by atoms with Crippen LogP contribution in [0.3, 0.4) is 0 Å². The minimum atomic E-state index is -4.43. The molecule has 3 rings (SSSR count). The van der Waals surface area contributed by atoms with E-state index in [4.69, 9.17) is 6.42 Å². The first-order valence-electron chi connectivity index (χ1n) is 9.70. The number of alkyl halides is 3. The van der Waals surface area contributed by atoms with Crippen LogP contribution in [0.4, 0.5) is 13.2 Å². The molecule has 0 saturated carbocycles. The number of halogens is 3. The second-order valence-corrected chi connectivity index (χ2v) is 7.45. The normalized spacial score (nSPS) is 19.1. The Hall–Kier alpha value is -2.53. The quantitative estimate of drug-likeness (QED) is 0.723. The van der Waals surface area contributed by atoms with Crippen LogP contribution in [0.1, 0.15) is 28.8 Å². The molecule has 0 spiro atoms. The number of carbonyl (C=O) groups excluding carboxylic acids is 2. The third kappa shape index (κ3) is 5.10. The van der Waals surface area contributed by atoms with E-state index >= 15 is 0 Å². The van der Waals surface area contributed by atoms with Gasteiger partial charge >= 0.3 is 6.18 Å². The van der Waals surface area contributed by atoms with Gasteiger partial charge < -0.3 is 9.80 Å². The van der Waals surface area contributed by atoms with Crippen molar-refractivity contribution in [2.24, 2.45) is 5.92 Å². The Bertz CT molecular complexity index is 770. The summed E-state index contributed by atoms with van der Waals surface area (Å²) in [6, 6.07) is 4.23. The van der Waals surface area contributed by atoms with E-state index in [1.54, 1.807) is 9.80 Å². The highest BCUT2D eigenvalue weighted by molar-refractivity contribution is 5.94. The maximum Gasteiger partial charge on any atom is 0.416 e. The molecule has 156 valence electrons. The van der Waals surface area contributed by atoms with Crippen molar-refractivity contribution >= 4 is 11.8 Å². The van der Waals surface area contributed by atoms with Gasteiger partial charge in [0, 0.05) is 37.7 Å². The van der Waals surface area contributed by atoms with Crippen LogP contribution in [0, 0.1) is 18.3 Å². The molecule has 0 radical (unpaired) electrons. The second kappa shape index (κ2) is 8.87. The first kappa shape index (κ1) is 21.2. The summed E-state index contributed by atoms with van der Waals surface area (Å²) in [6.45, 7) is 3.86. The van der Waals surface area contributed by atoms with Gasteiger partial charge in [-0.25, -0.2) is 0 Å². The fourth-order valence-corrected chi connectivity index (χ4v) is 3.84. The van der Waals surface area contributed by atoms with Crippen LogP contribution in [0.15, 0.2) is 24.3 Å². The van der Waals surface area contributed by atoms with Gasteiger partial charge in [-0.15, -0.1) is 6.42 Å². The van der Waals surface area contributed by atoms with Gasteiger partial charge in [-0.05, 0) is 50.2 Å². The van der Waals surface area contributed by atoms with E-state index in [1.807, 2.05) is 0 Å². The third-order valence-corrected chi connectivity index (χ3v) is 5.59. The molecule has 1 aromatic rings. The SMILES string of the molecule is C#CCN1CCC(C(=O)N2CCN(C(=O)c3ccc(C(F)(F)F)cc3)CC2)CC1. The van der Waals surface area contributed by atoms with Gasteiger partial charge in [-0.2, -0.15) is 13.2 Å². The zero-order valence-electron chi connectivity index (χ0n) is 16.1. The number of piperidine rings is 1. The van der Waals surface area contributed by atoms with Crippen LogP contribution in [-0.2, 0) is 11.0 Å². The molecule has 0 bridgehead atoms. The van der Waals surface area contributed by atoms with Crippen molar-refractivity contribution in [3.8, 4) is 12.3 Å². The molecule has 2 aliphatic heterocycles. The average molecular weight is 407 g/mol. The molecule has 29 heavy (non-hydrogen) atoms. The van der Waals surface area contributed by atoms with Crippen LogP contribution in [0.2, 0.25) is 0 Å². The Morgan fingerprint density at radius 2 is 1.52 bits per heavy atom. The molecule has 0 aromatic heterocycles. The van der Waals surface area contributed by atoms with Gasteiger partial charge in [0.2, 0.25) is 5.91 Å². The number of hydrogen-bond donors (Lipinski definition) is 0. The standard InChI is InChI=1S/C21H24F3N3O2/c1-2-9-25-10-7-17(8-11-25)20(29)27-14-12-26(13-15-27)19(28)16-3-5-18(6-4-16)21(22,23)24/h1,3-6,17H,7-15H2. The number of likely N-dealkylation sites (tertiary alicyclic amines) is 1. The van der Waals surface area contributed by atoms with Crippen molar-refractivity contribution in [2.75, 3.05) is 45.8 Å². The highest BCUT2D eigenvalue weighted by Crippen LogP contribution is 2.29. The first-order chi connectivity index (χ1) is 13.8. The molecule has 0 atom stereocenters. The molecule has 2 heterocycles. The van der Waals surface area contributed by atoms with Crippen LogP contribution >= 0.6 is 0 Å². The molecular formula is C21H24F3N3O2.